The summed E-state index contributed by atoms with van der Waals surface area (Å²) in [6.07, 6.45) is -0.187. The summed E-state index contributed by atoms with van der Waals surface area (Å²) in [6, 6.07) is 7.10. The van der Waals surface area contributed by atoms with Crippen molar-refractivity contribution in [3.8, 4) is 0 Å². The van der Waals surface area contributed by atoms with Gasteiger partial charge >= 0.3 is 0 Å². The van der Waals surface area contributed by atoms with E-state index in [0.717, 1.165) is 5.56 Å². The predicted octanol–water partition coefficient (Wildman–Crippen LogP) is 2.40. The molecule has 0 aromatic heterocycles. The first-order valence-corrected chi connectivity index (χ1v) is 6.80. The van der Waals surface area contributed by atoms with Crippen LogP contribution in [0.3, 0.4) is 0 Å². The van der Waals surface area contributed by atoms with Crippen molar-refractivity contribution in [2.45, 2.75) is 32.0 Å². The fourth-order valence-corrected chi connectivity index (χ4v) is 2.51. The van der Waals surface area contributed by atoms with Crippen LogP contribution in [0.1, 0.15) is 25.5 Å². The number of hydrogen-bond donors (Lipinski definition) is 1. The highest BCUT2D eigenvalue weighted by molar-refractivity contribution is 6.31. The van der Waals surface area contributed by atoms with Crippen molar-refractivity contribution in [1.29, 1.82) is 0 Å². The van der Waals surface area contributed by atoms with Gasteiger partial charge in [0.2, 0.25) is 5.91 Å². The van der Waals surface area contributed by atoms with E-state index in [1.54, 1.807) is 11.8 Å². The van der Waals surface area contributed by atoms with Crippen LogP contribution in [0.4, 0.5) is 0 Å². The number of amides is 1. The zero-order valence-corrected chi connectivity index (χ0v) is 13.2. The second-order valence-corrected chi connectivity index (χ2v) is 5.38. The van der Waals surface area contributed by atoms with Crippen molar-refractivity contribution in [1.82, 2.24) is 4.90 Å². The van der Waals surface area contributed by atoms with Crippen molar-refractivity contribution >= 4 is 29.9 Å². The SMILES string of the molecule is CC1COC(c2ccccc2Cl)CN1C(=O)[C@@H](C)N.Cl. The molecule has 1 aliphatic heterocycles. The normalized spacial score (nSPS) is 23.9. The van der Waals surface area contributed by atoms with Crippen LogP contribution in [0.15, 0.2) is 24.3 Å². The zero-order chi connectivity index (χ0) is 14.0. The van der Waals surface area contributed by atoms with Gasteiger partial charge in [0.05, 0.1) is 25.2 Å². The summed E-state index contributed by atoms with van der Waals surface area (Å²) < 4.78 is 5.80. The third-order valence-electron chi connectivity index (χ3n) is 3.36. The summed E-state index contributed by atoms with van der Waals surface area (Å²) in [6.45, 7) is 4.65. The van der Waals surface area contributed by atoms with Crippen LogP contribution in [0, 0.1) is 0 Å². The molecule has 1 aliphatic rings. The number of hydrogen-bond acceptors (Lipinski definition) is 3. The van der Waals surface area contributed by atoms with Crippen molar-refractivity contribution in [3.05, 3.63) is 34.9 Å². The van der Waals surface area contributed by atoms with Crippen LogP contribution in [0.5, 0.6) is 0 Å². The van der Waals surface area contributed by atoms with Gasteiger partial charge in [-0.3, -0.25) is 4.79 Å². The van der Waals surface area contributed by atoms with Gasteiger partial charge in [0, 0.05) is 10.6 Å². The van der Waals surface area contributed by atoms with Crippen LogP contribution in [0.25, 0.3) is 0 Å². The molecule has 1 aromatic carbocycles. The fourth-order valence-electron chi connectivity index (χ4n) is 2.25. The first-order valence-electron chi connectivity index (χ1n) is 6.42. The highest BCUT2D eigenvalue weighted by atomic mass is 35.5. The number of rotatable bonds is 2. The Bertz CT molecular complexity index is 468. The molecule has 3 atom stereocenters. The number of nitrogens with two attached hydrogens (primary N) is 1. The van der Waals surface area contributed by atoms with E-state index in [4.69, 9.17) is 22.1 Å². The van der Waals surface area contributed by atoms with E-state index in [9.17, 15) is 4.79 Å². The molecule has 0 spiro atoms. The van der Waals surface area contributed by atoms with E-state index in [0.29, 0.717) is 18.2 Å². The van der Waals surface area contributed by atoms with Crippen LogP contribution in [0.2, 0.25) is 5.02 Å². The molecule has 1 aromatic rings. The molecule has 20 heavy (non-hydrogen) atoms. The van der Waals surface area contributed by atoms with E-state index >= 15 is 0 Å². The van der Waals surface area contributed by atoms with Crippen LogP contribution < -0.4 is 5.73 Å². The molecular weight excluding hydrogens is 299 g/mol. The van der Waals surface area contributed by atoms with Crippen molar-refractivity contribution in [3.63, 3.8) is 0 Å². The van der Waals surface area contributed by atoms with Crippen molar-refractivity contribution in [2.24, 2.45) is 5.73 Å². The first kappa shape index (κ1) is 17.2. The van der Waals surface area contributed by atoms with Gasteiger partial charge in [0.25, 0.3) is 0 Å². The molecule has 2 rings (SSSR count). The van der Waals surface area contributed by atoms with Crippen LogP contribution in [-0.2, 0) is 9.53 Å². The molecule has 0 radical (unpaired) electrons. The van der Waals surface area contributed by atoms with Crippen LogP contribution in [-0.4, -0.2) is 36.0 Å². The lowest BCUT2D eigenvalue weighted by Gasteiger charge is -2.39. The number of halogens is 2. The Kier molecular flexibility index (Phi) is 6.27. The Labute approximate surface area is 130 Å². The number of nitrogens with zero attached hydrogens (tertiary/aromatic N) is 1. The molecule has 6 heteroatoms. The summed E-state index contributed by atoms with van der Waals surface area (Å²) in [5.74, 6) is -0.0483. The highest BCUT2D eigenvalue weighted by Crippen LogP contribution is 2.30. The molecule has 1 fully saturated rings. The lowest BCUT2D eigenvalue weighted by Crippen LogP contribution is -2.52. The minimum Gasteiger partial charge on any atom is -0.369 e. The highest BCUT2D eigenvalue weighted by Gasteiger charge is 2.32. The lowest BCUT2D eigenvalue weighted by atomic mass is 10.1. The summed E-state index contributed by atoms with van der Waals surface area (Å²) in [4.78, 5) is 13.9. The Balaban J connectivity index is 0.00000200. The number of carbonyl (C=O) groups is 1. The second kappa shape index (κ2) is 7.27. The topological polar surface area (TPSA) is 55.6 Å². The van der Waals surface area contributed by atoms with E-state index < -0.39 is 6.04 Å². The Morgan fingerprint density at radius 1 is 1.50 bits per heavy atom. The number of morpholine rings is 1. The average molecular weight is 319 g/mol. The molecule has 112 valence electrons. The maximum atomic E-state index is 12.1. The largest absolute Gasteiger partial charge is 0.369 e. The summed E-state index contributed by atoms with van der Waals surface area (Å²) >= 11 is 6.18. The monoisotopic (exact) mass is 318 g/mol. The maximum Gasteiger partial charge on any atom is 0.239 e. The minimum absolute atomic E-state index is 0. The molecule has 0 aliphatic carbocycles. The van der Waals surface area contributed by atoms with Crippen molar-refractivity contribution in [2.75, 3.05) is 13.2 Å². The molecule has 0 bridgehead atoms. The molecular formula is C14H20Cl2N2O2. The lowest BCUT2D eigenvalue weighted by molar-refractivity contribution is -0.145. The molecule has 1 saturated heterocycles. The van der Waals surface area contributed by atoms with Gasteiger partial charge in [-0.2, -0.15) is 0 Å². The molecule has 1 heterocycles. The minimum atomic E-state index is -0.493. The summed E-state index contributed by atoms with van der Waals surface area (Å²) in [5, 5.41) is 0.662. The number of benzene rings is 1. The number of carbonyl (C=O) groups excluding carboxylic acids is 1. The van der Waals surface area contributed by atoms with Gasteiger partial charge < -0.3 is 15.4 Å². The quantitative estimate of drug-likeness (QED) is 0.911. The molecule has 2 N–H and O–H groups in total. The predicted molar refractivity (Wildman–Crippen MR) is 82.2 cm³/mol. The zero-order valence-electron chi connectivity index (χ0n) is 11.6. The van der Waals surface area contributed by atoms with Gasteiger partial charge in [-0.25, -0.2) is 0 Å². The van der Waals surface area contributed by atoms with Gasteiger partial charge in [0.15, 0.2) is 0 Å². The first-order chi connectivity index (χ1) is 9.00. The Morgan fingerprint density at radius 3 is 2.75 bits per heavy atom. The molecule has 4 nitrogen and oxygen atoms in total. The van der Waals surface area contributed by atoms with Gasteiger partial charge in [-0.05, 0) is 19.9 Å². The third-order valence-corrected chi connectivity index (χ3v) is 3.70. The number of ether oxygens (including phenoxy) is 1. The van der Waals surface area contributed by atoms with Gasteiger partial charge in [-0.1, -0.05) is 29.8 Å². The average Bonchev–Trinajstić information content (AvgIpc) is 2.39. The van der Waals surface area contributed by atoms with E-state index in [1.165, 1.54) is 0 Å². The second-order valence-electron chi connectivity index (χ2n) is 4.97. The Hall–Kier alpha value is -0.810. The van der Waals surface area contributed by atoms with E-state index in [-0.39, 0.29) is 30.5 Å². The van der Waals surface area contributed by atoms with Crippen molar-refractivity contribution < 1.29 is 9.53 Å². The van der Waals surface area contributed by atoms with E-state index in [2.05, 4.69) is 0 Å². The van der Waals surface area contributed by atoms with Crippen LogP contribution >= 0.6 is 24.0 Å². The molecule has 1 amide bonds. The maximum absolute atomic E-state index is 12.1. The smallest absolute Gasteiger partial charge is 0.239 e. The van der Waals surface area contributed by atoms with E-state index in [1.807, 2.05) is 31.2 Å². The summed E-state index contributed by atoms with van der Waals surface area (Å²) in [5.41, 5.74) is 6.60. The summed E-state index contributed by atoms with van der Waals surface area (Å²) in [7, 11) is 0. The fraction of sp³-hybridized carbons (Fsp3) is 0.500. The van der Waals surface area contributed by atoms with Gasteiger partial charge in [-0.15, -0.1) is 12.4 Å². The standard InChI is InChI=1S/C14H19ClN2O2.ClH/c1-9-8-19-13(7-17(9)14(18)10(2)16)11-5-3-4-6-12(11)15;/h3-6,9-10,13H,7-8,16H2,1-2H3;1H/t9?,10-,13?;/m1./s1. The molecule has 0 saturated carbocycles. The van der Waals surface area contributed by atoms with Gasteiger partial charge in [0.1, 0.15) is 6.10 Å². The molecule has 2 unspecified atom stereocenters. The third kappa shape index (κ3) is 3.64. The Morgan fingerprint density at radius 2 is 2.15 bits per heavy atom.